The van der Waals surface area contributed by atoms with Crippen LogP contribution in [0.3, 0.4) is 0 Å². The van der Waals surface area contributed by atoms with E-state index in [1.807, 2.05) is 30.3 Å². The Kier molecular flexibility index (Phi) is 7.32. The van der Waals surface area contributed by atoms with Crippen molar-refractivity contribution in [2.75, 3.05) is 6.61 Å². The van der Waals surface area contributed by atoms with Gasteiger partial charge in [-0.3, -0.25) is 14.4 Å². The average molecular weight is 292 g/mol. The molecular formula is C16H20O5. The summed E-state index contributed by atoms with van der Waals surface area (Å²) < 4.78 is 10.1. The van der Waals surface area contributed by atoms with Crippen LogP contribution in [0, 0.1) is 0 Å². The maximum Gasteiger partial charge on any atom is 0.313 e. The molecule has 1 rings (SSSR count). The Bertz CT molecular complexity index is 479. The Labute approximate surface area is 124 Å². The molecule has 0 saturated heterocycles. The molecule has 0 spiro atoms. The normalized spacial score (nSPS) is 10.4. The molecule has 0 amide bonds. The van der Waals surface area contributed by atoms with Crippen LogP contribution < -0.4 is 0 Å². The first kappa shape index (κ1) is 17.0. The van der Waals surface area contributed by atoms with Gasteiger partial charge in [-0.1, -0.05) is 30.3 Å². The number of Topliss-reactive ketones (excluding diaryl/α,β-unsaturated/α-hetero) is 2. The van der Waals surface area contributed by atoms with Crippen LogP contribution in [0.2, 0.25) is 0 Å². The Balaban J connectivity index is 2.21. The number of hydrogen-bond acceptors (Lipinski definition) is 5. The lowest BCUT2D eigenvalue weighted by Gasteiger charge is -2.07. The summed E-state index contributed by atoms with van der Waals surface area (Å²) in [7, 11) is 0. The molecule has 0 fully saturated rings. The van der Waals surface area contributed by atoms with Gasteiger partial charge < -0.3 is 9.47 Å². The molecule has 0 N–H and O–H groups in total. The number of carbonyl (C=O) groups excluding carboxylic acids is 3. The molecule has 0 radical (unpaired) electrons. The molecule has 0 heterocycles. The molecule has 5 heteroatoms. The first-order chi connectivity index (χ1) is 9.97. The smallest absolute Gasteiger partial charge is 0.313 e. The zero-order chi connectivity index (χ0) is 15.7. The van der Waals surface area contributed by atoms with Gasteiger partial charge in [-0.05, 0) is 19.4 Å². The fraction of sp³-hybridized carbons (Fsp3) is 0.438. The fourth-order valence-electron chi connectivity index (χ4n) is 1.66. The van der Waals surface area contributed by atoms with E-state index in [-0.39, 0.29) is 31.3 Å². The zero-order valence-corrected chi connectivity index (χ0v) is 12.3. The molecule has 1 aromatic rings. The molecule has 0 aromatic heterocycles. The molecule has 5 nitrogen and oxygen atoms in total. The molecule has 1 aromatic carbocycles. The van der Waals surface area contributed by atoms with E-state index >= 15 is 0 Å². The summed E-state index contributed by atoms with van der Waals surface area (Å²) in [6, 6.07) is 9.42. The van der Waals surface area contributed by atoms with Crippen molar-refractivity contribution < 1.29 is 23.9 Å². The molecule has 0 atom stereocenters. The Morgan fingerprint density at radius 1 is 1.00 bits per heavy atom. The lowest BCUT2D eigenvalue weighted by Crippen LogP contribution is -2.19. The first-order valence-electron chi connectivity index (χ1n) is 6.82. The molecule has 114 valence electrons. The number of rotatable bonds is 9. The van der Waals surface area contributed by atoms with Crippen molar-refractivity contribution in [3.05, 3.63) is 35.9 Å². The first-order valence-corrected chi connectivity index (χ1v) is 6.82. The van der Waals surface area contributed by atoms with Crippen molar-refractivity contribution in [1.29, 1.82) is 0 Å². The van der Waals surface area contributed by atoms with Crippen molar-refractivity contribution >= 4 is 17.5 Å². The molecular weight excluding hydrogens is 272 g/mol. The van der Waals surface area contributed by atoms with Gasteiger partial charge in [0.25, 0.3) is 0 Å². The zero-order valence-electron chi connectivity index (χ0n) is 12.3. The van der Waals surface area contributed by atoms with Crippen molar-refractivity contribution in [3.8, 4) is 0 Å². The van der Waals surface area contributed by atoms with E-state index in [0.29, 0.717) is 6.61 Å². The number of ether oxygens (including phenoxy) is 2. The standard InChI is InChI=1S/C16H20O5/c1-12(2)21-16(19)9-14(17)8-15(18)11-20-10-13-6-4-3-5-7-13/h3-7,12H,8-11H2,1-2H3. The van der Waals surface area contributed by atoms with E-state index in [9.17, 15) is 14.4 Å². The fourth-order valence-corrected chi connectivity index (χ4v) is 1.66. The molecule has 0 aliphatic heterocycles. The van der Waals surface area contributed by atoms with Gasteiger partial charge in [0.15, 0.2) is 11.6 Å². The molecule has 0 bridgehead atoms. The summed E-state index contributed by atoms with van der Waals surface area (Å²) in [4.78, 5) is 34.3. The third-order valence-corrected chi connectivity index (χ3v) is 2.48. The number of ketones is 2. The van der Waals surface area contributed by atoms with Gasteiger partial charge in [-0.25, -0.2) is 0 Å². The Hall–Kier alpha value is -2.01. The summed E-state index contributed by atoms with van der Waals surface area (Å²) in [6.45, 7) is 3.58. The highest BCUT2D eigenvalue weighted by Gasteiger charge is 2.15. The number of esters is 1. The van der Waals surface area contributed by atoms with Crippen LogP contribution in [0.5, 0.6) is 0 Å². The van der Waals surface area contributed by atoms with Gasteiger partial charge >= 0.3 is 5.97 Å². The van der Waals surface area contributed by atoms with Gasteiger partial charge in [0.1, 0.15) is 13.0 Å². The molecule has 0 unspecified atom stereocenters. The second kappa shape index (κ2) is 9.02. The number of hydrogen-bond donors (Lipinski definition) is 0. The topological polar surface area (TPSA) is 69.7 Å². The summed E-state index contributed by atoms with van der Waals surface area (Å²) >= 11 is 0. The van der Waals surface area contributed by atoms with Gasteiger partial charge in [-0.15, -0.1) is 0 Å². The van der Waals surface area contributed by atoms with E-state index < -0.39 is 11.8 Å². The van der Waals surface area contributed by atoms with Crippen LogP contribution in [0.15, 0.2) is 30.3 Å². The van der Waals surface area contributed by atoms with Crippen molar-refractivity contribution in [2.24, 2.45) is 0 Å². The maximum atomic E-state index is 11.5. The van der Waals surface area contributed by atoms with Crippen molar-refractivity contribution in [2.45, 2.75) is 39.4 Å². The van der Waals surface area contributed by atoms with Crippen LogP contribution in [0.1, 0.15) is 32.3 Å². The maximum absolute atomic E-state index is 11.5. The quantitative estimate of drug-likeness (QED) is 0.515. The third kappa shape index (κ3) is 7.99. The van der Waals surface area contributed by atoms with E-state index in [2.05, 4.69) is 0 Å². The highest BCUT2D eigenvalue weighted by atomic mass is 16.5. The average Bonchev–Trinajstić information content (AvgIpc) is 2.38. The van der Waals surface area contributed by atoms with Gasteiger partial charge in [0.2, 0.25) is 0 Å². The van der Waals surface area contributed by atoms with E-state index in [4.69, 9.17) is 9.47 Å². The van der Waals surface area contributed by atoms with Gasteiger partial charge in [0, 0.05) is 0 Å². The summed E-state index contributed by atoms with van der Waals surface area (Å²) in [5.74, 6) is -1.39. The molecule has 21 heavy (non-hydrogen) atoms. The Morgan fingerprint density at radius 3 is 2.29 bits per heavy atom. The van der Waals surface area contributed by atoms with Crippen LogP contribution >= 0.6 is 0 Å². The van der Waals surface area contributed by atoms with Gasteiger partial charge in [0.05, 0.1) is 19.1 Å². The van der Waals surface area contributed by atoms with E-state index in [0.717, 1.165) is 5.56 Å². The Morgan fingerprint density at radius 2 is 1.67 bits per heavy atom. The highest BCUT2D eigenvalue weighted by molar-refractivity contribution is 6.05. The lowest BCUT2D eigenvalue weighted by atomic mass is 10.1. The SMILES string of the molecule is CC(C)OC(=O)CC(=O)CC(=O)COCc1ccccc1. The summed E-state index contributed by atoms with van der Waals surface area (Å²) in [6.07, 6.45) is -0.944. The minimum Gasteiger partial charge on any atom is -0.463 e. The largest absolute Gasteiger partial charge is 0.463 e. The van der Waals surface area contributed by atoms with Crippen LogP contribution in [0.25, 0.3) is 0 Å². The van der Waals surface area contributed by atoms with E-state index in [1.54, 1.807) is 13.8 Å². The third-order valence-electron chi connectivity index (χ3n) is 2.48. The number of carbonyl (C=O) groups is 3. The lowest BCUT2D eigenvalue weighted by molar-refractivity contribution is -0.149. The summed E-state index contributed by atoms with van der Waals surface area (Å²) in [5.41, 5.74) is 0.956. The molecule has 0 saturated carbocycles. The molecule has 0 aliphatic carbocycles. The van der Waals surface area contributed by atoms with Crippen molar-refractivity contribution in [3.63, 3.8) is 0 Å². The minimum atomic E-state index is -0.604. The predicted molar refractivity (Wildman–Crippen MR) is 76.6 cm³/mol. The predicted octanol–water partition coefficient (Wildman–Crippen LogP) is 2.07. The van der Waals surface area contributed by atoms with Crippen LogP contribution in [-0.4, -0.2) is 30.2 Å². The van der Waals surface area contributed by atoms with E-state index in [1.165, 1.54) is 0 Å². The van der Waals surface area contributed by atoms with Gasteiger partial charge in [-0.2, -0.15) is 0 Å². The summed E-state index contributed by atoms with van der Waals surface area (Å²) in [5, 5.41) is 0. The monoisotopic (exact) mass is 292 g/mol. The second-order valence-corrected chi connectivity index (χ2v) is 4.95. The minimum absolute atomic E-state index is 0.139. The number of benzene rings is 1. The second-order valence-electron chi connectivity index (χ2n) is 4.95. The van der Waals surface area contributed by atoms with Crippen molar-refractivity contribution in [1.82, 2.24) is 0 Å². The highest BCUT2D eigenvalue weighted by Crippen LogP contribution is 2.02. The molecule has 0 aliphatic rings. The van der Waals surface area contributed by atoms with Crippen LogP contribution in [-0.2, 0) is 30.5 Å². The van der Waals surface area contributed by atoms with Crippen LogP contribution in [0.4, 0.5) is 0 Å².